The van der Waals surface area contributed by atoms with Crippen LogP contribution in [0.1, 0.15) is 41.9 Å². The molecule has 0 N–H and O–H groups in total. The molecule has 0 radical (unpaired) electrons. The molecule has 3 aromatic rings. The van der Waals surface area contributed by atoms with Crippen molar-refractivity contribution in [1.29, 1.82) is 0 Å². The van der Waals surface area contributed by atoms with E-state index in [0.29, 0.717) is 24.2 Å². The van der Waals surface area contributed by atoms with Gasteiger partial charge in [0.25, 0.3) is 0 Å². The summed E-state index contributed by atoms with van der Waals surface area (Å²) in [5.74, 6) is 0.318. The molecule has 0 unspecified atom stereocenters. The Morgan fingerprint density at radius 3 is 3.00 bits per heavy atom. The molecule has 0 saturated heterocycles. The zero-order valence-electron chi connectivity index (χ0n) is 16.0. The lowest BCUT2D eigenvalue weighted by Gasteiger charge is -2.28. The van der Waals surface area contributed by atoms with Crippen molar-refractivity contribution in [2.24, 2.45) is 4.99 Å². The standard InChI is InChI=1S/C22H21FN4O2/c23-16-4-5-20-17(9-16)21(28)15(13-29-20)12-27-8-6-18-14(11-27)10-25-22(26-18)19-3-1-2-7-24-19/h4-5,9-10,13H,1-3,6-8,11-12H2. The molecule has 2 aliphatic heterocycles. The molecule has 0 spiro atoms. The third-order valence-electron chi connectivity index (χ3n) is 5.60. The van der Waals surface area contributed by atoms with Crippen molar-refractivity contribution in [3.05, 3.63) is 69.3 Å². The van der Waals surface area contributed by atoms with E-state index in [-0.39, 0.29) is 10.8 Å². The van der Waals surface area contributed by atoms with Crippen molar-refractivity contribution in [1.82, 2.24) is 14.9 Å². The summed E-state index contributed by atoms with van der Waals surface area (Å²) in [6.07, 6.45) is 7.40. The fraction of sp³-hybridized carbons (Fsp3) is 0.364. The average molecular weight is 392 g/mol. The fourth-order valence-corrected chi connectivity index (χ4v) is 4.02. The predicted octanol–water partition coefficient (Wildman–Crippen LogP) is 3.25. The molecule has 7 heteroatoms. The van der Waals surface area contributed by atoms with Crippen LogP contribution in [-0.2, 0) is 19.5 Å². The molecular formula is C22H21FN4O2. The molecule has 0 bridgehead atoms. The van der Waals surface area contributed by atoms with E-state index in [4.69, 9.17) is 9.40 Å². The summed E-state index contributed by atoms with van der Waals surface area (Å²) in [5.41, 5.74) is 3.90. The van der Waals surface area contributed by atoms with E-state index in [2.05, 4.69) is 14.9 Å². The average Bonchev–Trinajstić information content (AvgIpc) is 2.76. The molecule has 148 valence electrons. The first kappa shape index (κ1) is 18.1. The van der Waals surface area contributed by atoms with E-state index < -0.39 is 5.82 Å². The number of hydrogen-bond acceptors (Lipinski definition) is 6. The Morgan fingerprint density at radius 2 is 2.14 bits per heavy atom. The Labute approximate surface area is 167 Å². The van der Waals surface area contributed by atoms with Gasteiger partial charge in [0.05, 0.1) is 23.1 Å². The number of nitrogens with zero attached hydrogens (tertiary/aromatic N) is 4. The van der Waals surface area contributed by atoms with Gasteiger partial charge in [0.15, 0.2) is 11.3 Å². The quantitative estimate of drug-likeness (QED) is 0.684. The van der Waals surface area contributed by atoms with E-state index in [1.54, 1.807) is 0 Å². The van der Waals surface area contributed by atoms with Crippen LogP contribution in [0.4, 0.5) is 4.39 Å². The highest BCUT2D eigenvalue weighted by Gasteiger charge is 2.21. The van der Waals surface area contributed by atoms with Crippen molar-refractivity contribution >= 4 is 16.7 Å². The third kappa shape index (κ3) is 3.58. The summed E-state index contributed by atoms with van der Waals surface area (Å²) in [6, 6.07) is 4.01. The smallest absolute Gasteiger partial charge is 0.197 e. The van der Waals surface area contributed by atoms with Gasteiger partial charge in [-0.3, -0.25) is 14.7 Å². The van der Waals surface area contributed by atoms with Gasteiger partial charge in [0.2, 0.25) is 0 Å². The molecule has 2 aromatic heterocycles. The molecule has 5 rings (SSSR count). The second-order valence-electron chi connectivity index (χ2n) is 7.64. The van der Waals surface area contributed by atoms with Crippen LogP contribution < -0.4 is 5.43 Å². The van der Waals surface area contributed by atoms with Crippen LogP contribution in [-0.4, -0.2) is 33.7 Å². The zero-order chi connectivity index (χ0) is 19.8. The molecule has 0 fully saturated rings. The van der Waals surface area contributed by atoms with Gasteiger partial charge in [-0.05, 0) is 37.5 Å². The van der Waals surface area contributed by atoms with Crippen molar-refractivity contribution < 1.29 is 8.81 Å². The van der Waals surface area contributed by atoms with Crippen molar-refractivity contribution in [2.75, 3.05) is 13.1 Å². The van der Waals surface area contributed by atoms with E-state index in [1.807, 2.05) is 6.20 Å². The van der Waals surface area contributed by atoms with Gasteiger partial charge < -0.3 is 4.42 Å². The highest BCUT2D eigenvalue weighted by atomic mass is 19.1. The minimum atomic E-state index is -0.440. The predicted molar refractivity (Wildman–Crippen MR) is 108 cm³/mol. The Bertz CT molecular complexity index is 1170. The van der Waals surface area contributed by atoms with Gasteiger partial charge in [-0.15, -0.1) is 0 Å². The molecule has 1 aromatic carbocycles. The topological polar surface area (TPSA) is 71.6 Å². The number of hydrogen-bond donors (Lipinski definition) is 0. The van der Waals surface area contributed by atoms with Crippen LogP contribution in [0.5, 0.6) is 0 Å². The first-order valence-electron chi connectivity index (χ1n) is 9.98. The van der Waals surface area contributed by atoms with Crippen LogP contribution in [0.3, 0.4) is 0 Å². The fourth-order valence-electron chi connectivity index (χ4n) is 4.02. The summed E-state index contributed by atoms with van der Waals surface area (Å²) >= 11 is 0. The highest BCUT2D eigenvalue weighted by Crippen LogP contribution is 2.20. The largest absolute Gasteiger partial charge is 0.464 e. The number of benzene rings is 1. The third-order valence-corrected chi connectivity index (χ3v) is 5.60. The Balaban J connectivity index is 1.36. The summed E-state index contributed by atoms with van der Waals surface area (Å²) < 4.78 is 19.1. The number of halogens is 1. The van der Waals surface area contributed by atoms with Gasteiger partial charge >= 0.3 is 0 Å². The lowest BCUT2D eigenvalue weighted by atomic mass is 10.0. The molecular weight excluding hydrogens is 371 g/mol. The van der Waals surface area contributed by atoms with E-state index in [1.165, 1.54) is 24.5 Å². The second-order valence-corrected chi connectivity index (χ2v) is 7.64. The number of fused-ring (bicyclic) bond motifs is 2. The minimum absolute atomic E-state index is 0.182. The number of rotatable bonds is 3. The van der Waals surface area contributed by atoms with Gasteiger partial charge in [-0.25, -0.2) is 14.4 Å². The van der Waals surface area contributed by atoms with Crippen LogP contribution in [0.2, 0.25) is 0 Å². The second kappa shape index (κ2) is 7.48. The molecule has 2 aliphatic rings. The molecule has 29 heavy (non-hydrogen) atoms. The van der Waals surface area contributed by atoms with Gasteiger partial charge in [-0.2, -0.15) is 0 Å². The van der Waals surface area contributed by atoms with Crippen LogP contribution in [0.15, 0.2) is 44.9 Å². The van der Waals surface area contributed by atoms with Crippen molar-refractivity contribution in [2.45, 2.75) is 38.8 Å². The van der Waals surface area contributed by atoms with E-state index in [9.17, 15) is 9.18 Å². The maximum absolute atomic E-state index is 13.5. The normalized spacial score (nSPS) is 17.2. The van der Waals surface area contributed by atoms with Crippen LogP contribution in [0.25, 0.3) is 11.0 Å². The van der Waals surface area contributed by atoms with Gasteiger partial charge in [0.1, 0.15) is 11.4 Å². The summed E-state index contributed by atoms with van der Waals surface area (Å²) in [4.78, 5) is 28.8. The van der Waals surface area contributed by atoms with Gasteiger partial charge in [-0.1, -0.05) is 0 Å². The Morgan fingerprint density at radius 1 is 1.21 bits per heavy atom. The van der Waals surface area contributed by atoms with Crippen molar-refractivity contribution in [3.8, 4) is 0 Å². The molecule has 4 heterocycles. The monoisotopic (exact) mass is 392 g/mol. The molecule has 0 saturated carbocycles. The highest BCUT2D eigenvalue weighted by molar-refractivity contribution is 5.97. The molecule has 6 nitrogen and oxygen atoms in total. The lowest BCUT2D eigenvalue weighted by molar-refractivity contribution is 0.240. The first-order valence-corrected chi connectivity index (χ1v) is 9.98. The maximum atomic E-state index is 13.5. The lowest BCUT2D eigenvalue weighted by Crippen LogP contribution is -2.33. The summed E-state index contributed by atoms with van der Waals surface area (Å²) in [6.45, 7) is 2.77. The zero-order valence-corrected chi connectivity index (χ0v) is 16.0. The SMILES string of the molecule is O=c1c(CN2CCc3nc(C4=NCCCC4)ncc3C2)coc2ccc(F)cc12. The summed E-state index contributed by atoms with van der Waals surface area (Å²) in [7, 11) is 0. The van der Waals surface area contributed by atoms with Gasteiger partial charge in [0, 0.05) is 49.9 Å². The van der Waals surface area contributed by atoms with Crippen LogP contribution >= 0.6 is 0 Å². The summed E-state index contributed by atoms with van der Waals surface area (Å²) in [5, 5.41) is 0.279. The molecule has 0 aliphatic carbocycles. The number of aromatic nitrogens is 2. The number of aliphatic imine (C=N–C) groups is 1. The Hall–Kier alpha value is -2.93. The van der Waals surface area contributed by atoms with E-state index in [0.717, 1.165) is 61.6 Å². The van der Waals surface area contributed by atoms with E-state index >= 15 is 0 Å². The molecule has 0 atom stereocenters. The maximum Gasteiger partial charge on any atom is 0.197 e. The minimum Gasteiger partial charge on any atom is -0.464 e. The molecule has 0 amide bonds. The van der Waals surface area contributed by atoms with Crippen LogP contribution in [0, 0.1) is 5.82 Å². The first-order chi connectivity index (χ1) is 14.2. The Kier molecular flexibility index (Phi) is 4.67. The van der Waals surface area contributed by atoms with Crippen molar-refractivity contribution in [3.63, 3.8) is 0 Å².